The number of likely N-dealkylation sites (N-methyl/N-ethyl adjacent to an activating group) is 1. The van der Waals surface area contributed by atoms with E-state index in [2.05, 4.69) is 36.1 Å². The van der Waals surface area contributed by atoms with Gasteiger partial charge < -0.3 is 10.2 Å². The molecule has 0 spiro atoms. The van der Waals surface area contributed by atoms with Crippen LogP contribution in [-0.2, 0) is 5.41 Å². The summed E-state index contributed by atoms with van der Waals surface area (Å²) < 4.78 is 0. The van der Waals surface area contributed by atoms with Gasteiger partial charge in [0.1, 0.15) is 0 Å². The van der Waals surface area contributed by atoms with E-state index in [1.165, 1.54) is 0 Å². The number of rotatable bonds is 6. The van der Waals surface area contributed by atoms with Crippen LogP contribution in [0.3, 0.4) is 0 Å². The number of hydrogen-bond acceptors (Lipinski definition) is 4. The molecule has 2 aromatic rings. The Labute approximate surface area is 141 Å². The summed E-state index contributed by atoms with van der Waals surface area (Å²) in [6, 6.07) is 3.91. The lowest BCUT2D eigenvalue weighted by Gasteiger charge is -2.28. The second kappa shape index (κ2) is 7.55. The van der Waals surface area contributed by atoms with E-state index in [4.69, 9.17) is 0 Å². The SMILES string of the molecule is C[C@@H](CN(C)C(=O)NCC(C)(C)c1ccncc1)c1nccs1. The summed E-state index contributed by atoms with van der Waals surface area (Å²) in [5.74, 6) is 0.235. The Morgan fingerprint density at radius 1 is 1.35 bits per heavy atom. The van der Waals surface area contributed by atoms with Crippen LogP contribution in [0, 0.1) is 0 Å². The largest absolute Gasteiger partial charge is 0.337 e. The molecule has 0 fully saturated rings. The van der Waals surface area contributed by atoms with Crippen LogP contribution in [-0.4, -0.2) is 41.0 Å². The number of amides is 2. The van der Waals surface area contributed by atoms with Crippen LogP contribution in [0.5, 0.6) is 0 Å². The van der Waals surface area contributed by atoms with Gasteiger partial charge in [-0.1, -0.05) is 20.8 Å². The van der Waals surface area contributed by atoms with E-state index in [0.717, 1.165) is 10.6 Å². The molecule has 0 aliphatic heterocycles. The van der Waals surface area contributed by atoms with Crippen LogP contribution in [0.4, 0.5) is 4.79 Å². The molecule has 0 aliphatic rings. The zero-order valence-electron chi connectivity index (χ0n) is 14.1. The predicted molar refractivity (Wildman–Crippen MR) is 93.8 cm³/mol. The maximum absolute atomic E-state index is 12.3. The lowest BCUT2D eigenvalue weighted by Crippen LogP contribution is -2.44. The molecule has 1 N–H and O–H groups in total. The summed E-state index contributed by atoms with van der Waals surface area (Å²) >= 11 is 1.62. The number of pyridine rings is 1. The van der Waals surface area contributed by atoms with E-state index in [9.17, 15) is 4.79 Å². The Morgan fingerprint density at radius 2 is 2.04 bits per heavy atom. The smallest absolute Gasteiger partial charge is 0.317 e. The molecule has 2 heterocycles. The Kier molecular flexibility index (Phi) is 5.71. The second-order valence-electron chi connectivity index (χ2n) is 6.43. The Balaban J connectivity index is 1.86. The van der Waals surface area contributed by atoms with E-state index >= 15 is 0 Å². The van der Waals surface area contributed by atoms with E-state index in [1.54, 1.807) is 34.8 Å². The van der Waals surface area contributed by atoms with Gasteiger partial charge in [0.25, 0.3) is 0 Å². The molecule has 5 nitrogen and oxygen atoms in total. The van der Waals surface area contributed by atoms with E-state index in [0.29, 0.717) is 13.1 Å². The monoisotopic (exact) mass is 332 g/mol. The molecule has 2 rings (SSSR count). The van der Waals surface area contributed by atoms with Crippen molar-refractivity contribution >= 4 is 17.4 Å². The number of urea groups is 1. The van der Waals surface area contributed by atoms with Crippen molar-refractivity contribution in [2.24, 2.45) is 0 Å². The summed E-state index contributed by atoms with van der Waals surface area (Å²) in [6.07, 6.45) is 5.36. The highest BCUT2D eigenvalue weighted by molar-refractivity contribution is 7.09. The van der Waals surface area contributed by atoms with Gasteiger partial charge in [0, 0.05) is 55.4 Å². The third-order valence-corrected chi connectivity index (χ3v) is 4.92. The number of hydrogen-bond donors (Lipinski definition) is 1. The van der Waals surface area contributed by atoms with Gasteiger partial charge in [-0.05, 0) is 17.7 Å². The van der Waals surface area contributed by atoms with Crippen molar-refractivity contribution < 1.29 is 4.79 Å². The average molecular weight is 332 g/mol. The highest BCUT2D eigenvalue weighted by atomic mass is 32.1. The van der Waals surface area contributed by atoms with Crippen LogP contribution < -0.4 is 5.32 Å². The van der Waals surface area contributed by atoms with Gasteiger partial charge in [-0.2, -0.15) is 0 Å². The summed E-state index contributed by atoms with van der Waals surface area (Å²) in [5.41, 5.74) is 1.02. The van der Waals surface area contributed by atoms with E-state index < -0.39 is 0 Å². The first-order valence-corrected chi connectivity index (χ1v) is 8.57. The molecular weight excluding hydrogens is 308 g/mol. The molecule has 0 saturated carbocycles. The molecule has 6 heteroatoms. The third-order valence-electron chi connectivity index (χ3n) is 3.91. The topological polar surface area (TPSA) is 58.1 Å². The first-order chi connectivity index (χ1) is 10.9. The van der Waals surface area contributed by atoms with E-state index in [1.807, 2.05) is 24.6 Å². The predicted octanol–water partition coefficient (Wildman–Crippen LogP) is 3.26. The van der Waals surface area contributed by atoms with Crippen molar-refractivity contribution in [2.75, 3.05) is 20.1 Å². The summed E-state index contributed by atoms with van der Waals surface area (Å²) in [4.78, 5) is 22.4. The van der Waals surface area contributed by atoms with Crippen molar-refractivity contribution in [1.82, 2.24) is 20.2 Å². The van der Waals surface area contributed by atoms with Crippen LogP contribution >= 0.6 is 11.3 Å². The number of thiazole rings is 1. The maximum atomic E-state index is 12.3. The fraction of sp³-hybridized carbons (Fsp3) is 0.471. The van der Waals surface area contributed by atoms with Gasteiger partial charge in [0.2, 0.25) is 0 Å². The summed E-state index contributed by atoms with van der Waals surface area (Å²) in [6.45, 7) is 7.53. The van der Waals surface area contributed by atoms with Gasteiger partial charge in [-0.15, -0.1) is 11.3 Å². The molecule has 0 radical (unpaired) electrons. The van der Waals surface area contributed by atoms with Crippen molar-refractivity contribution in [1.29, 1.82) is 0 Å². The zero-order valence-corrected chi connectivity index (χ0v) is 14.9. The number of nitrogens with zero attached hydrogens (tertiary/aromatic N) is 3. The normalized spacial score (nSPS) is 12.7. The van der Waals surface area contributed by atoms with Gasteiger partial charge >= 0.3 is 6.03 Å². The lowest BCUT2D eigenvalue weighted by atomic mass is 9.85. The molecule has 124 valence electrons. The molecule has 0 saturated heterocycles. The van der Waals surface area contributed by atoms with Crippen LogP contribution in [0.15, 0.2) is 36.1 Å². The minimum atomic E-state index is -0.139. The third kappa shape index (κ3) is 4.76. The molecule has 0 aromatic carbocycles. The minimum absolute atomic E-state index is 0.0597. The van der Waals surface area contributed by atoms with Crippen molar-refractivity contribution in [3.63, 3.8) is 0 Å². The second-order valence-corrected chi connectivity index (χ2v) is 7.36. The number of aromatic nitrogens is 2. The Morgan fingerprint density at radius 3 is 2.65 bits per heavy atom. The zero-order chi connectivity index (χ0) is 16.9. The quantitative estimate of drug-likeness (QED) is 0.883. The standard InChI is InChI=1S/C17H24N4OS/c1-13(15-19-9-10-23-15)11-21(4)16(22)20-12-17(2,3)14-5-7-18-8-6-14/h5-10,13H,11-12H2,1-4H3,(H,20,22)/t13-/m0/s1. The van der Waals surface area contributed by atoms with Crippen LogP contribution in [0.2, 0.25) is 0 Å². The Bertz CT molecular complexity index is 613. The van der Waals surface area contributed by atoms with Gasteiger partial charge in [0.15, 0.2) is 0 Å². The molecular formula is C17H24N4OS. The van der Waals surface area contributed by atoms with Crippen LogP contribution in [0.1, 0.15) is 37.3 Å². The highest BCUT2D eigenvalue weighted by Crippen LogP contribution is 2.21. The summed E-state index contributed by atoms with van der Waals surface area (Å²) in [7, 11) is 1.82. The first-order valence-electron chi connectivity index (χ1n) is 7.69. The maximum Gasteiger partial charge on any atom is 0.317 e. The van der Waals surface area contributed by atoms with Crippen molar-refractivity contribution in [2.45, 2.75) is 32.1 Å². The lowest BCUT2D eigenvalue weighted by molar-refractivity contribution is 0.204. The van der Waals surface area contributed by atoms with Gasteiger partial charge in [-0.3, -0.25) is 4.98 Å². The van der Waals surface area contributed by atoms with Crippen molar-refractivity contribution in [3.8, 4) is 0 Å². The van der Waals surface area contributed by atoms with Gasteiger partial charge in [0.05, 0.1) is 5.01 Å². The molecule has 2 amide bonds. The van der Waals surface area contributed by atoms with Crippen molar-refractivity contribution in [3.05, 3.63) is 46.7 Å². The van der Waals surface area contributed by atoms with Gasteiger partial charge in [-0.25, -0.2) is 9.78 Å². The first kappa shape index (κ1) is 17.4. The molecule has 23 heavy (non-hydrogen) atoms. The summed E-state index contributed by atoms with van der Waals surface area (Å²) in [5, 5.41) is 6.04. The fourth-order valence-electron chi connectivity index (χ4n) is 2.39. The molecule has 2 aromatic heterocycles. The number of carbonyl (C=O) groups excluding carboxylic acids is 1. The average Bonchev–Trinajstić information content (AvgIpc) is 3.08. The molecule has 0 aliphatic carbocycles. The fourth-order valence-corrected chi connectivity index (χ4v) is 3.08. The number of nitrogens with one attached hydrogen (secondary N) is 1. The highest BCUT2D eigenvalue weighted by Gasteiger charge is 2.23. The Hall–Kier alpha value is -1.95. The molecule has 0 bridgehead atoms. The van der Waals surface area contributed by atoms with Crippen LogP contribution in [0.25, 0.3) is 0 Å². The molecule has 0 unspecified atom stereocenters. The minimum Gasteiger partial charge on any atom is -0.337 e. The molecule has 1 atom stereocenters. The number of carbonyl (C=O) groups is 1. The van der Waals surface area contributed by atoms with E-state index in [-0.39, 0.29) is 17.4 Å².